The first kappa shape index (κ1) is 17.6. The average Bonchev–Trinajstić information content (AvgIpc) is 3.30. The Kier molecular flexibility index (Phi) is 2.97. The summed E-state index contributed by atoms with van der Waals surface area (Å²) in [6.07, 6.45) is -2.16. The summed E-state index contributed by atoms with van der Waals surface area (Å²) in [6.45, 7) is 9.08. The standard InChI is InChI=1S/C20H30O7/c1-9-7-24-13-6-17-12-5-10(16(2,3)4)18(17)11(21)8-25-15(18)27-20(17,14(22)26-12)19(9,13)23/h9-15,21-23H,5-8H2,1-4H3/t9-,10?,11+,12?,13?,14?,15+,17?,18?,19-,20-/m1/s1. The maximum Gasteiger partial charge on any atom is 0.188 e. The van der Waals surface area contributed by atoms with Gasteiger partial charge < -0.3 is 34.3 Å². The second-order valence-electron chi connectivity index (χ2n) is 10.8. The van der Waals surface area contributed by atoms with Crippen molar-refractivity contribution in [1.29, 1.82) is 0 Å². The van der Waals surface area contributed by atoms with E-state index in [4.69, 9.17) is 18.9 Å². The van der Waals surface area contributed by atoms with Crippen LogP contribution < -0.4 is 0 Å². The van der Waals surface area contributed by atoms with Crippen LogP contribution in [0, 0.1) is 28.1 Å². The molecule has 6 aliphatic rings. The van der Waals surface area contributed by atoms with Crippen molar-refractivity contribution < 1.29 is 34.3 Å². The molecule has 11 atom stereocenters. The summed E-state index contributed by atoms with van der Waals surface area (Å²) in [4.78, 5) is 0. The van der Waals surface area contributed by atoms with E-state index in [9.17, 15) is 15.3 Å². The zero-order valence-electron chi connectivity index (χ0n) is 16.3. The van der Waals surface area contributed by atoms with Gasteiger partial charge in [0.15, 0.2) is 18.2 Å². The Bertz CT molecular complexity index is 707. The fraction of sp³-hybridized carbons (Fsp3) is 1.00. The molecule has 6 fully saturated rings. The predicted molar refractivity (Wildman–Crippen MR) is 91.3 cm³/mol. The average molecular weight is 382 g/mol. The molecule has 4 aliphatic heterocycles. The van der Waals surface area contributed by atoms with Crippen LogP contribution in [-0.2, 0) is 18.9 Å². The van der Waals surface area contributed by atoms with Gasteiger partial charge in [0.1, 0.15) is 5.60 Å². The number of hydrogen-bond acceptors (Lipinski definition) is 7. The topological polar surface area (TPSA) is 97.6 Å². The van der Waals surface area contributed by atoms with E-state index in [-0.39, 0.29) is 30.0 Å². The minimum absolute atomic E-state index is 0.0737. The van der Waals surface area contributed by atoms with E-state index >= 15 is 0 Å². The molecule has 0 bridgehead atoms. The van der Waals surface area contributed by atoms with Gasteiger partial charge >= 0.3 is 0 Å². The monoisotopic (exact) mass is 382 g/mol. The van der Waals surface area contributed by atoms with Crippen molar-refractivity contribution in [2.24, 2.45) is 28.1 Å². The van der Waals surface area contributed by atoms with Crippen molar-refractivity contribution in [3.05, 3.63) is 0 Å². The SMILES string of the molecule is C[C@@H]1COC2CC34C5CC(C(C)(C)C)C36[C@@H](OC[C@@H]6O)O[C@@]4(C(O)O5)[C@]21O. The minimum atomic E-state index is -1.37. The zero-order valence-corrected chi connectivity index (χ0v) is 16.3. The molecular formula is C20H30O7. The number of aliphatic hydroxyl groups is 3. The molecule has 6 unspecified atom stereocenters. The minimum Gasteiger partial charge on any atom is -0.390 e. The highest BCUT2D eigenvalue weighted by atomic mass is 16.7. The van der Waals surface area contributed by atoms with Gasteiger partial charge in [0.2, 0.25) is 0 Å². The normalized spacial score (nSPS) is 66.1. The summed E-state index contributed by atoms with van der Waals surface area (Å²) >= 11 is 0. The Morgan fingerprint density at radius 3 is 2.48 bits per heavy atom. The van der Waals surface area contributed by atoms with E-state index in [2.05, 4.69) is 20.8 Å². The first-order valence-corrected chi connectivity index (χ1v) is 10.2. The predicted octanol–water partition coefficient (Wildman–Crippen LogP) is 0.398. The van der Waals surface area contributed by atoms with Crippen molar-refractivity contribution in [2.75, 3.05) is 13.2 Å². The van der Waals surface area contributed by atoms with E-state index in [0.717, 1.165) is 0 Å². The van der Waals surface area contributed by atoms with Crippen LogP contribution in [0.5, 0.6) is 0 Å². The number of hydrogen-bond donors (Lipinski definition) is 3. The molecule has 152 valence electrons. The van der Waals surface area contributed by atoms with Crippen LogP contribution in [0.25, 0.3) is 0 Å². The Labute approximate surface area is 158 Å². The number of rotatable bonds is 0. The second-order valence-corrected chi connectivity index (χ2v) is 10.8. The molecule has 0 radical (unpaired) electrons. The third kappa shape index (κ3) is 1.37. The van der Waals surface area contributed by atoms with Crippen LogP contribution in [0.3, 0.4) is 0 Å². The lowest BCUT2D eigenvalue weighted by Crippen LogP contribution is -2.67. The molecule has 2 saturated carbocycles. The van der Waals surface area contributed by atoms with E-state index in [1.165, 1.54) is 0 Å². The quantitative estimate of drug-likeness (QED) is 0.558. The Hall–Kier alpha value is -0.280. The Morgan fingerprint density at radius 2 is 1.78 bits per heavy atom. The number of aliphatic hydroxyl groups excluding tert-OH is 2. The van der Waals surface area contributed by atoms with Crippen molar-refractivity contribution in [3.63, 3.8) is 0 Å². The smallest absolute Gasteiger partial charge is 0.188 e. The lowest BCUT2D eigenvalue weighted by atomic mass is 9.51. The highest BCUT2D eigenvalue weighted by Gasteiger charge is 2.97. The van der Waals surface area contributed by atoms with Crippen molar-refractivity contribution in [1.82, 2.24) is 0 Å². The molecule has 2 spiro atoms. The molecule has 0 aromatic rings. The zero-order chi connectivity index (χ0) is 19.2. The third-order valence-electron chi connectivity index (χ3n) is 9.23. The molecule has 0 amide bonds. The molecule has 0 aromatic carbocycles. The summed E-state index contributed by atoms with van der Waals surface area (Å²) in [5.41, 5.74) is -4.28. The van der Waals surface area contributed by atoms with Gasteiger partial charge in [0.05, 0.1) is 36.9 Å². The van der Waals surface area contributed by atoms with Gasteiger partial charge in [-0.15, -0.1) is 0 Å². The fourth-order valence-corrected chi connectivity index (χ4v) is 8.51. The van der Waals surface area contributed by atoms with Crippen LogP contribution in [0.4, 0.5) is 0 Å². The molecule has 2 aliphatic carbocycles. The first-order valence-electron chi connectivity index (χ1n) is 10.2. The Balaban J connectivity index is 1.66. The van der Waals surface area contributed by atoms with Crippen LogP contribution in [0.2, 0.25) is 0 Å². The van der Waals surface area contributed by atoms with Crippen molar-refractivity contribution >= 4 is 0 Å². The van der Waals surface area contributed by atoms with Gasteiger partial charge in [-0.2, -0.15) is 0 Å². The van der Waals surface area contributed by atoms with E-state index < -0.39 is 46.8 Å². The molecule has 0 aromatic heterocycles. The first-order chi connectivity index (χ1) is 12.6. The maximum atomic E-state index is 12.0. The van der Waals surface area contributed by atoms with Crippen molar-refractivity contribution in [3.8, 4) is 0 Å². The summed E-state index contributed by atoms with van der Waals surface area (Å²) in [5, 5.41) is 34.4. The maximum absolute atomic E-state index is 12.0. The fourth-order valence-electron chi connectivity index (χ4n) is 8.51. The van der Waals surface area contributed by atoms with Gasteiger partial charge in [-0.3, -0.25) is 0 Å². The van der Waals surface area contributed by atoms with Crippen LogP contribution >= 0.6 is 0 Å². The van der Waals surface area contributed by atoms with Crippen LogP contribution in [0.1, 0.15) is 40.5 Å². The third-order valence-corrected chi connectivity index (χ3v) is 9.23. The molecule has 4 saturated heterocycles. The van der Waals surface area contributed by atoms with E-state index in [1.807, 2.05) is 6.92 Å². The lowest BCUT2D eigenvalue weighted by Gasteiger charge is -2.49. The van der Waals surface area contributed by atoms with E-state index in [0.29, 0.717) is 19.4 Å². The van der Waals surface area contributed by atoms with Crippen LogP contribution in [0.15, 0.2) is 0 Å². The van der Waals surface area contributed by atoms with Crippen molar-refractivity contribution in [2.45, 2.75) is 82.6 Å². The highest BCUT2D eigenvalue weighted by Crippen LogP contribution is 2.85. The van der Waals surface area contributed by atoms with Gasteiger partial charge in [0, 0.05) is 11.3 Å². The largest absolute Gasteiger partial charge is 0.390 e. The summed E-state index contributed by atoms with van der Waals surface area (Å²) in [6, 6.07) is 0. The van der Waals surface area contributed by atoms with Gasteiger partial charge in [-0.1, -0.05) is 27.7 Å². The second kappa shape index (κ2) is 4.56. The molecule has 7 heteroatoms. The van der Waals surface area contributed by atoms with E-state index in [1.54, 1.807) is 0 Å². The molecule has 27 heavy (non-hydrogen) atoms. The summed E-state index contributed by atoms with van der Waals surface area (Å²) in [7, 11) is 0. The molecule has 3 N–H and O–H groups in total. The van der Waals surface area contributed by atoms with Gasteiger partial charge in [0.25, 0.3) is 0 Å². The Morgan fingerprint density at radius 1 is 1.04 bits per heavy atom. The van der Waals surface area contributed by atoms with Gasteiger partial charge in [-0.05, 0) is 24.2 Å². The molecule has 7 nitrogen and oxygen atoms in total. The molecule has 4 heterocycles. The van der Waals surface area contributed by atoms with Crippen LogP contribution in [-0.4, -0.2) is 70.6 Å². The highest BCUT2D eigenvalue weighted by molar-refractivity contribution is 5.41. The van der Waals surface area contributed by atoms with Gasteiger partial charge in [-0.25, -0.2) is 0 Å². The number of fused-ring (bicyclic) bond motifs is 1. The number of ether oxygens (including phenoxy) is 4. The summed E-state index contributed by atoms with van der Waals surface area (Å²) in [5.74, 6) is -0.134. The molecule has 6 rings (SSSR count). The molecular weight excluding hydrogens is 352 g/mol. The lowest BCUT2D eigenvalue weighted by molar-refractivity contribution is -0.296. The summed E-state index contributed by atoms with van der Waals surface area (Å²) < 4.78 is 24.7.